The molecule has 0 amide bonds. The lowest BCUT2D eigenvalue weighted by Crippen LogP contribution is -2.34. The van der Waals surface area contributed by atoms with Gasteiger partial charge in [0.25, 0.3) is 0 Å². The van der Waals surface area contributed by atoms with Crippen molar-refractivity contribution in [3.05, 3.63) is 30.0 Å². The zero-order valence-corrected chi connectivity index (χ0v) is 13.4. The summed E-state index contributed by atoms with van der Waals surface area (Å²) >= 11 is 0. The highest BCUT2D eigenvalue weighted by molar-refractivity contribution is 8.12. The number of hydrogen-bond donors (Lipinski definition) is 0. The number of benzene rings is 1. The average molecular weight is 315 g/mol. The molecule has 0 N–H and O–H groups in total. The van der Waals surface area contributed by atoms with E-state index in [1.807, 2.05) is 19.0 Å². The van der Waals surface area contributed by atoms with Gasteiger partial charge in [-0.1, -0.05) is 6.07 Å². The van der Waals surface area contributed by atoms with Gasteiger partial charge < -0.3 is 4.90 Å². The summed E-state index contributed by atoms with van der Waals surface area (Å²) in [6.07, 6.45) is 3.50. The normalized spacial score (nSPS) is 21.8. The Kier molecular flexibility index (Phi) is 3.26. The highest BCUT2D eigenvalue weighted by Crippen LogP contribution is 2.45. The lowest BCUT2D eigenvalue weighted by molar-refractivity contribution is 0.566. The highest BCUT2D eigenvalue weighted by Gasteiger charge is 2.56. The molecule has 0 bridgehead atoms. The Hall–Kier alpha value is -1.34. The van der Waals surface area contributed by atoms with Gasteiger partial charge in [-0.2, -0.15) is 0 Å². The molecule has 2 rings (SSSR count). The van der Waals surface area contributed by atoms with Crippen LogP contribution in [0.2, 0.25) is 0 Å². The largest absolute Gasteiger partial charge is 0.383 e. The van der Waals surface area contributed by atoms with Crippen LogP contribution >= 0.6 is 0 Å². The summed E-state index contributed by atoms with van der Waals surface area (Å²) in [4.78, 5) is 1.59. The minimum Gasteiger partial charge on any atom is -0.383 e. The van der Waals surface area contributed by atoms with Crippen molar-refractivity contribution in [1.29, 1.82) is 0 Å². The van der Waals surface area contributed by atoms with Crippen molar-refractivity contribution in [3.8, 4) is 0 Å². The molecule has 0 radical (unpaired) electrons. The maximum Gasteiger partial charge on any atom is 0.199 e. The predicted octanol–water partition coefficient (Wildman–Crippen LogP) is 1.52. The van der Waals surface area contributed by atoms with E-state index in [4.69, 9.17) is 0 Å². The first-order chi connectivity index (χ1) is 9.01. The van der Waals surface area contributed by atoms with Crippen molar-refractivity contribution in [2.45, 2.75) is 27.7 Å². The third-order valence-corrected chi connectivity index (χ3v) is 9.29. The second kappa shape index (κ2) is 4.33. The topological polar surface area (TPSA) is 71.5 Å². The molecule has 0 aromatic heterocycles. The van der Waals surface area contributed by atoms with Crippen LogP contribution in [0.1, 0.15) is 19.4 Å². The number of fused-ring (bicyclic) bond motifs is 1. The highest BCUT2D eigenvalue weighted by atomic mass is 32.3. The number of sulfone groups is 2. The smallest absolute Gasteiger partial charge is 0.199 e. The average Bonchev–Trinajstić information content (AvgIpc) is 2.44. The fourth-order valence-electron chi connectivity index (χ4n) is 1.97. The molecule has 5 nitrogen and oxygen atoms in total. The first-order valence-corrected chi connectivity index (χ1v) is 8.96. The Morgan fingerprint density at radius 3 is 2.10 bits per heavy atom. The van der Waals surface area contributed by atoms with Gasteiger partial charge in [-0.15, -0.1) is 0 Å². The molecule has 1 aliphatic rings. The third kappa shape index (κ3) is 1.88. The van der Waals surface area contributed by atoms with Gasteiger partial charge >= 0.3 is 0 Å². The van der Waals surface area contributed by atoms with Crippen molar-refractivity contribution in [3.63, 3.8) is 0 Å². The molecule has 7 heteroatoms. The zero-order valence-electron chi connectivity index (χ0n) is 11.8. The second-order valence-corrected chi connectivity index (χ2v) is 10.6. The lowest BCUT2D eigenvalue weighted by Gasteiger charge is -2.14. The van der Waals surface area contributed by atoms with Crippen molar-refractivity contribution in [1.82, 2.24) is 4.90 Å². The van der Waals surface area contributed by atoms with Gasteiger partial charge in [0.15, 0.2) is 23.8 Å². The molecule has 1 aliphatic heterocycles. The standard InChI is InChI=1S/C13H17NO4S2/c1-13(2)19(15,16)11-6-5-10(7-8-14(3)4)9-12(11)20(13,17)18/h5-9H,1-4H3/b8-7+. The Balaban J connectivity index is 2.70. The van der Waals surface area contributed by atoms with Gasteiger partial charge in [-0.05, 0) is 43.8 Å². The van der Waals surface area contributed by atoms with Crippen molar-refractivity contribution < 1.29 is 16.8 Å². The Morgan fingerprint density at radius 1 is 1.00 bits per heavy atom. The van der Waals surface area contributed by atoms with E-state index in [9.17, 15) is 16.8 Å². The van der Waals surface area contributed by atoms with E-state index >= 15 is 0 Å². The molecule has 0 aliphatic carbocycles. The Bertz CT molecular complexity index is 788. The van der Waals surface area contributed by atoms with Crippen molar-refractivity contribution in [2.75, 3.05) is 14.1 Å². The van der Waals surface area contributed by atoms with E-state index in [0.29, 0.717) is 5.56 Å². The SMILES string of the molecule is CN(C)/C=C/c1ccc2c(c1)S(=O)(=O)C(C)(C)S2(=O)=O. The molecule has 1 aromatic carbocycles. The van der Waals surface area contributed by atoms with E-state index < -0.39 is 23.8 Å². The second-order valence-electron chi connectivity index (χ2n) is 5.39. The van der Waals surface area contributed by atoms with Gasteiger partial charge in [0.05, 0.1) is 9.79 Å². The molecule has 1 aromatic rings. The van der Waals surface area contributed by atoms with Crippen LogP contribution in [0.25, 0.3) is 6.08 Å². The fourth-order valence-corrected chi connectivity index (χ4v) is 6.58. The van der Waals surface area contributed by atoms with Crippen LogP contribution in [-0.2, 0) is 19.7 Å². The predicted molar refractivity (Wildman–Crippen MR) is 77.6 cm³/mol. The van der Waals surface area contributed by atoms with Crippen LogP contribution in [-0.4, -0.2) is 39.9 Å². The zero-order chi connectivity index (χ0) is 15.3. The van der Waals surface area contributed by atoms with Gasteiger partial charge in [0, 0.05) is 14.1 Å². The molecule has 110 valence electrons. The maximum atomic E-state index is 12.4. The summed E-state index contributed by atoms with van der Waals surface area (Å²) in [5.41, 5.74) is 0.647. The van der Waals surface area contributed by atoms with E-state index in [1.54, 1.807) is 18.3 Å². The van der Waals surface area contributed by atoms with E-state index in [-0.39, 0.29) is 9.79 Å². The first-order valence-electron chi connectivity index (χ1n) is 6.00. The first kappa shape index (κ1) is 15.1. The number of nitrogens with zero attached hydrogens (tertiary/aromatic N) is 1. The number of rotatable bonds is 2. The molecule has 1 heterocycles. The lowest BCUT2D eigenvalue weighted by atomic mass is 10.2. The van der Waals surface area contributed by atoms with Crippen LogP contribution < -0.4 is 0 Å². The molecule has 0 saturated carbocycles. The minimum atomic E-state index is -3.89. The molecular formula is C13H17NO4S2. The monoisotopic (exact) mass is 315 g/mol. The summed E-state index contributed by atoms with van der Waals surface area (Å²) in [7, 11) is -4.07. The van der Waals surface area contributed by atoms with Gasteiger partial charge in [-0.3, -0.25) is 0 Å². The summed E-state index contributed by atoms with van der Waals surface area (Å²) < 4.78 is 47.6. The minimum absolute atomic E-state index is 0.107. The van der Waals surface area contributed by atoms with Gasteiger partial charge in [-0.25, -0.2) is 16.8 Å². The van der Waals surface area contributed by atoms with E-state index in [1.165, 1.54) is 26.0 Å². The molecular weight excluding hydrogens is 298 g/mol. The van der Waals surface area contributed by atoms with Crippen LogP contribution in [0.3, 0.4) is 0 Å². The Morgan fingerprint density at radius 2 is 1.55 bits per heavy atom. The maximum absolute atomic E-state index is 12.4. The quantitative estimate of drug-likeness (QED) is 0.827. The molecule has 0 saturated heterocycles. The van der Waals surface area contributed by atoms with E-state index in [2.05, 4.69) is 0 Å². The van der Waals surface area contributed by atoms with Gasteiger partial charge in [0.1, 0.15) is 0 Å². The Labute approximate surface area is 119 Å². The summed E-state index contributed by atoms with van der Waals surface area (Å²) in [6, 6.07) is 4.39. The third-order valence-electron chi connectivity index (χ3n) is 3.41. The van der Waals surface area contributed by atoms with Crippen LogP contribution in [0.15, 0.2) is 34.2 Å². The molecule has 20 heavy (non-hydrogen) atoms. The van der Waals surface area contributed by atoms with Gasteiger partial charge in [0.2, 0.25) is 0 Å². The molecule has 0 fully saturated rings. The van der Waals surface area contributed by atoms with Crippen LogP contribution in [0, 0.1) is 0 Å². The van der Waals surface area contributed by atoms with Crippen LogP contribution in [0.4, 0.5) is 0 Å². The molecule has 0 atom stereocenters. The fraction of sp³-hybridized carbons (Fsp3) is 0.385. The molecule has 0 spiro atoms. The molecule has 0 unspecified atom stereocenters. The summed E-state index contributed by atoms with van der Waals surface area (Å²) in [6.45, 7) is 2.46. The van der Waals surface area contributed by atoms with Crippen molar-refractivity contribution in [2.24, 2.45) is 0 Å². The van der Waals surface area contributed by atoms with Crippen LogP contribution in [0.5, 0.6) is 0 Å². The number of hydrogen-bond acceptors (Lipinski definition) is 5. The summed E-state index contributed by atoms with van der Waals surface area (Å²) in [5, 5.41) is 0. The summed E-state index contributed by atoms with van der Waals surface area (Å²) in [5.74, 6) is 0. The van der Waals surface area contributed by atoms with Crippen molar-refractivity contribution >= 4 is 25.8 Å². The van der Waals surface area contributed by atoms with E-state index in [0.717, 1.165) is 0 Å².